The van der Waals surface area contributed by atoms with Crippen LogP contribution in [0.25, 0.3) is 0 Å². The zero-order chi connectivity index (χ0) is 18.6. The lowest BCUT2D eigenvalue weighted by molar-refractivity contribution is -0.123. The van der Waals surface area contributed by atoms with Gasteiger partial charge in [-0.25, -0.2) is 9.37 Å². The van der Waals surface area contributed by atoms with Crippen LogP contribution >= 0.6 is 0 Å². The van der Waals surface area contributed by atoms with Gasteiger partial charge in [-0.2, -0.15) is 4.98 Å². The number of halogens is 1. The Balaban J connectivity index is 1.65. The molecule has 0 bridgehead atoms. The Morgan fingerprint density at radius 2 is 1.85 bits per heavy atom. The second kappa shape index (κ2) is 7.41. The number of aromatic nitrogens is 2. The van der Waals surface area contributed by atoms with E-state index in [0.717, 1.165) is 5.56 Å². The molecule has 1 aliphatic rings. The Labute approximate surface area is 156 Å². The van der Waals surface area contributed by atoms with Gasteiger partial charge in [0.2, 0.25) is 11.9 Å². The van der Waals surface area contributed by atoms with E-state index in [0.29, 0.717) is 24.6 Å². The molecule has 1 saturated heterocycles. The third-order valence-corrected chi connectivity index (χ3v) is 4.38. The first-order valence-electron chi connectivity index (χ1n) is 8.66. The normalized spacial score (nSPS) is 16.7. The average Bonchev–Trinajstić information content (AvgIpc) is 2.70. The van der Waals surface area contributed by atoms with Crippen molar-refractivity contribution in [2.75, 3.05) is 23.3 Å². The minimum Gasteiger partial charge on any atom is -0.352 e. The van der Waals surface area contributed by atoms with Crippen LogP contribution in [0.5, 0.6) is 0 Å². The van der Waals surface area contributed by atoms with Gasteiger partial charge < -0.3 is 15.5 Å². The van der Waals surface area contributed by atoms with Gasteiger partial charge in [0.05, 0.1) is 5.69 Å². The molecule has 0 aliphatic carbocycles. The minimum atomic E-state index is -0.476. The molecule has 7 heteroatoms. The van der Waals surface area contributed by atoms with E-state index in [1.807, 2.05) is 35.2 Å². The summed E-state index contributed by atoms with van der Waals surface area (Å²) < 4.78 is 13.9. The van der Waals surface area contributed by atoms with Crippen molar-refractivity contribution in [3.63, 3.8) is 0 Å². The van der Waals surface area contributed by atoms with Crippen LogP contribution in [-0.4, -0.2) is 29.0 Å². The van der Waals surface area contributed by atoms with Gasteiger partial charge in [0.15, 0.2) is 0 Å². The average molecular weight is 363 g/mol. The predicted molar refractivity (Wildman–Crippen MR) is 101 cm³/mol. The number of hydrogen-bond donors (Lipinski definition) is 2. The number of piperazine rings is 1. The first-order valence-corrected chi connectivity index (χ1v) is 8.66. The number of hydrogen-bond acceptors (Lipinski definition) is 5. The topological polar surface area (TPSA) is 70.2 Å². The maximum Gasteiger partial charge on any atom is 0.247 e. The number of benzene rings is 2. The van der Waals surface area contributed by atoms with Crippen molar-refractivity contribution >= 4 is 23.4 Å². The number of rotatable bonds is 4. The maximum absolute atomic E-state index is 13.9. The molecule has 4 rings (SSSR count). The molecule has 27 heavy (non-hydrogen) atoms. The summed E-state index contributed by atoms with van der Waals surface area (Å²) in [6, 6.07) is 17.2. The highest BCUT2D eigenvalue weighted by atomic mass is 19.1. The summed E-state index contributed by atoms with van der Waals surface area (Å²) in [5, 5.41) is 5.80. The van der Waals surface area contributed by atoms with Crippen molar-refractivity contribution in [1.29, 1.82) is 0 Å². The van der Waals surface area contributed by atoms with E-state index in [9.17, 15) is 9.18 Å². The smallest absolute Gasteiger partial charge is 0.247 e. The summed E-state index contributed by atoms with van der Waals surface area (Å²) in [4.78, 5) is 23.1. The van der Waals surface area contributed by atoms with Crippen LogP contribution in [0.3, 0.4) is 0 Å². The van der Waals surface area contributed by atoms with E-state index in [1.54, 1.807) is 30.5 Å². The zero-order valence-corrected chi connectivity index (χ0v) is 14.5. The fourth-order valence-corrected chi connectivity index (χ4v) is 3.13. The minimum absolute atomic E-state index is 0.0744. The van der Waals surface area contributed by atoms with Crippen LogP contribution < -0.4 is 15.5 Å². The van der Waals surface area contributed by atoms with Crippen LogP contribution in [0.15, 0.2) is 66.9 Å². The highest BCUT2D eigenvalue weighted by Crippen LogP contribution is 2.28. The summed E-state index contributed by atoms with van der Waals surface area (Å²) in [7, 11) is 0. The van der Waals surface area contributed by atoms with E-state index >= 15 is 0 Å². The summed E-state index contributed by atoms with van der Waals surface area (Å²) in [6.45, 7) is 1.14. The monoisotopic (exact) mass is 363 g/mol. The number of anilines is 3. The van der Waals surface area contributed by atoms with Crippen LogP contribution in [0.1, 0.15) is 11.6 Å². The molecule has 1 fully saturated rings. The van der Waals surface area contributed by atoms with E-state index in [-0.39, 0.29) is 17.7 Å². The molecule has 1 aliphatic heterocycles. The summed E-state index contributed by atoms with van der Waals surface area (Å²) in [6.07, 6.45) is 1.60. The Kier molecular flexibility index (Phi) is 4.65. The number of carbonyl (C=O) groups is 1. The number of nitrogens with one attached hydrogen (secondary N) is 2. The molecule has 0 saturated carbocycles. The van der Waals surface area contributed by atoms with Gasteiger partial charge in [-0.1, -0.05) is 42.5 Å². The molecular weight excluding hydrogens is 345 g/mol. The second-order valence-corrected chi connectivity index (χ2v) is 6.14. The van der Waals surface area contributed by atoms with Gasteiger partial charge in [0.25, 0.3) is 0 Å². The van der Waals surface area contributed by atoms with Crippen molar-refractivity contribution in [3.05, 3.63) is 78.2 Å². The van der Waals surface area contributed by atoms with Crippen LogP contribution in [0.2, 0.25) is 0 Å². The number of nitrogens with zero attached hydrogens (tertiary/aromatic N) is 3. The summed E-state index contributed by atoms with van der Waals surface area (Å²) in [5.74, 6) is 0.420. The van der Waals surface area contributed by atoms with Crippen molar-refractivity contribution in [2.45, 2.75) is 6.04 Å². The zero-order valence-electron chi connectivity index (χ0n) is 14.5. The van der Waals surface area contributed by atoms with Gasteiger partial charge >= 0.3 is 0 Å². The Morgan fingerprint density at radius 3 is 2.67 bits per heavy atom. The molecule has 1 aromatic heterocycles. The maximum atomic E-state index is 13.9. The fraction of sp³-hybridized carbons (Fsp3) is 0.150. The van der Waals surface area contributed by atoms with Crippen molar-refractivity contribution in [1.82, 2.24) is 15.3 Å². The molecule has 0 spiro atoms. The van der Waals surface area contributed by atoms with Gasteiger partial charge in [-0.15, -0.1) is 0 Å². The first-order chi connectivity index (χ1) is 13.2. The van der Waals surface area contributed by atoms with Gasteiger partial charge in [-0.3, -0.25) is 4.79 Å². The molecule has 3 aromatic rings. The molecule has 2 heterocycles. The number of para-hydroxylation sites is 1. The van der Waals surface area contributed by atoms with Crippen LogP contribution in [0, 0.1) is 5.82 Å². The molecule has 1 amide bonds. The Hall–Kier alpha value is -3.48. The van der Waals surface area contributed by atoms with Crippen molar-refractivity contribution < 1.29 is 9.18 Å². The number of carbonyl (C=O) groups excluding carboxylic acids is 1. The SMILES string of the molecule is O=C1NCCN(c2ccnc(Nc3ccccc3F)n2)C1c1ccccc1. The molecule has 1 atom stereocenters. The number of amides is 1. The summed E-state index contributed by atoms with van der Waals surface area (Å²) >= 11 is 0. The molecule has 0 radical (unpaired) electrons. The lowest BCUT2D eigenvalue weighted by Gasteiger charge is -2.36. The molecule has 2 aromatic carbocycles. The van der Waals surface area contributed by atoms with E-state index in [1.165, 1.54) is 6.07 Å². The molecule has 1 unspecified atom stereocenters. The molecule has 2 N–H and O–H groups in total. The standard InChI is InChI=1S/C20H18FN5O/c21-15-8-4-5-9-16(15)24-20-23-11-10-17(25-20)26-13-12-22-19(27)18(26)14-6-2-1-3-7-14/h1-11,18H,12-13H2,(H,22,27)(H,23,24,25). The first kappa shape index (κ1) is 17.0. The predicted octanol–water partition coefficient (Wildman–Crippen LogP) is 3.04. The molecule has 136 valence electrons. The quantitative estimate of drug-likeness (QED) is 0.746. The van der Waals surface area contributed by atoms with Crippen molar-refractivity contribution in [3.8, 4) is 0 Å². The van der Waals surface area contributed by atoms with Crippen LogP contribution in [-0.2, 0) is 4.79 Å². The Bertz CT molecular complexity index is 950. The van der Waals surface area contributed by atoms with E-state index < -0.39 is 6.04 Å². The second-order valence-electron chi connectivity index (χ2n) is 6.14. The Morgan fingerprint density at radius 1 is 1.07 bits per heavy atom. The highest BCUT2D eigenvalue weighted by Gasteiger charge is 2.32. The largest absolute Gasteiger partial charge is 0.352 e. The third kappa shape index (κ3) is 3.57. The highest BCUT2D eigenvalue weighted by molar-refractivity contribution is 5.87. The molecular formula is C20H18FN5O. The van der Waals surface area contributed by atoms with Gasteiger partial charge in [0, 0.05) is 19.3 Å². The van der Waals surface area contributed by atoms with E-state index in [2.05, 4.69) is 20.6 Å². The van der Waals surface area contributed by atoms with E-state index in [4.69, 9.17) is 0 Å². The lowest BCUT2D eigenvalue weighted by Crippen LogP contribution is -2.50. The van der Waals surface area contributed by atoms with Gasteiger partial charge in [-0.05, 0) is 23.8 Å². The third-order valence-electron chi connectivity index (χ3n) is 4.38. The lowest BCUT2D eigenvalue weighted by atomic mass is 10.0. The fourth-order valence-electron chi connectivity index (χ4n) is 3.13. The van der Waals surface area contributed by atoms with Crippen LogP contribution in [0.4, 0.5) is 21.8 Å². The van der Waals surface area contributed by atoms with Gasteiger partial charge in [0.1, 0.15) is 17.7 Å². The van der Waals surface area contributed by atoms with Crippen molar-refractivity contribution in [2.24, 2.45) is 0 Å². The molecule has 6 nitrogen and oxygen atoms in total. The summed E-state index contributed by atoms with van der Waals surface area (Å²) in [5.41, 5.74) is 1.18.